The largest absolute Gasteiger partial charge is 1.00 e. The van der Waals surface area contributed by atoms with Crippen LogP contribution < -0.4 is 43.1 Å². The average molecular weight is 558 g/mol. The molecule has 2 heterocycles. The van der Waals surface area contributed by atoms with Crippen LogP contribution in [-0.4, -0.2) is 10.2 Å². The van der Waals surface area contributed by atoms with Gasteiger partial charge >= 0.3 is 0 Å². The zero-order chi connectivity index (χ0) is 20.8. The van der Waals surface area contributed by atoms with Gasteiger partial charge in [-0.1, -0.05) is 24.3 Å². The number of phenols is 2. The predicted molar refractivity (Wildman–Crippen MR) is 116 cm³/mol. The number of pyridine rings is 2. The third-order valence-electron chi connectivity index (χ3n) is 5.31. The molecular weight excluding hydrogens is 532 g/mol. The lowest BCUT2D eigenvalue weighted by Crippen LogP contribution is -3.00. The number of hydrogen-bond donors (Lipinski definition) is 2. The van der Waals surface area contributed by atoms with Crippen molar-refractivity contribution in [3.8, 4) is 22.6 Å². The minimum absolute atomic E-state index is 0. The van der Waals surface area contributed by atoms with Crippen LogP contribution >= 0.6 is 0 Å². The Kier molecular flexibility index (Phi) is 9.88. The molecule has 2 aromatic heterocycles. The first kappa shape index (κ1) is 25.6. The summed E-state index contributed by atoms with van der Waals surface area (Å²) in [6.07, 6.45) is 10.3. The number of aryl methyl sites for hydroxylation is 4. The summed E-state index contributed by atoms with van der Waals surface area (Å²) in [5.41, 5.74) is 4.82. The van der Waals surface area contributed by atoms with Crippen LogP contribution in [0.5, 0.6) is 11.5 Å². The zero-order valence-electron chi connectivity index (χ0n) is 17.6. The molecule has 0 spiro atoms. The first-order valence-electron chi connectivity index (χ1n) is 10.2. The van der Waals surface area contributed by atoms with Crippen LogP contribution in [-0.2, 0) is 25.9 Å². The second-order valence-electron chi connectivity index (χ2n) is 7.48. The van der Waals surface area contributed by atoms with E-state index in [4.69, 9.17) is 0 Å². The van der Waals surface area contributed by atoms with Gasteiger partial charge in [-0.25, -0.2) is 9.13 Å². The molecule has 6 heteroatoms. The van der Waals surface area contributed by atoms with Crippen LogP contribution in [0.3, 0.4) is 0 Å². The number of hydrogen-bond acceptors (Lipinski definition) is 2. The van der Waals surface area contributed by atoms with Gasteiger partial charge in [-0.05, 0) is 46.5 Å². The van der Waals surface area contributed by atoms with E-state index in [0.717, 1.165) is 25.9 Å². The maximum absolute atomic E-state index is 9.37. The normalized spacial score (nSPS) is 10.1. The molecule has 0 radical (unpaired) electrons. The highest BCUT2D eigenvalue weighted by atomic mass is 79.9. The third-order valence-corrected chi connectivity index (χ3v) is 5.31. The van der Waals surface area contributed by atoms with Crippen LogP contribution in [0.2, 0.25) is 0 Å². The second kappa shape index (κ2) is 12.4. The van der Waals surface area contributed by atoms with Gasteiger partial charge in [-0.15, -0.1) is 0 Å². The maximum Gasteiger partial charge on any atom is 0.169 e. The molecule has 0 amide bonds. The van der Waals surface area contributed by atoms with Gasteiger partial charge in [0.05, 0.1) is 0 Å². The zero-order valence-corrected chi connectivity index (χ0v) is 20.8. The minimum atomic E-state index is 0. The maximum atomic E-state index is 9.37. The molecule has 0 saturated heterocycles. The first-order valence-corrected chi connectivity index (χ1v) is 10.2. The van der Waals surface area contributed by atoms with Crippen LogP contribution in [0.15, 0.2) is 97.6 Å². The van der Waals surface area contributed by atoms with Gasteiger partial charge in [-0.2, -0.15) is 0 Å². The van der Waals surface area contributed by atoms with Gasteiger partial charge in [0, 0.05) is 37.1 Å². The van der Waals surface area contributed by atoms with E-state index < -0.39 is 0 Å². The Hall–Kier alpha value is -2.70. The van der Waals surface area contributed by atoms with E-state index in [-0.39, 0.29) is 34.0 Å². The van der Waals surface area contributed by atoms with E-state index in [0.29, 0.717) is 11.5 Å². The molecule has 0 unspecified atom stereocenters. The minimum Gasteiger partial charge on any atom is -1.00 e. The molecule has 0 aliphatic rings. The molecular formula is C26H26Br2N2O2. The number of aromatic nitrogens is 2. The Balaban J connectivity index is 0.00000181. The van der Waals surface area contributed by atoms with E-state index in [9.17, 15) is 10.2 Å². The molecule has 2 aromatic carbocycles. The summed E-state index contributed by atoms with van der Waals surface area (Å²) in [5, 5.41) is 18.7. The third kappa shape index (κ3) is 7.18. The van der Waals surface area contributed by atoms with Crippen LogP contribution in [0, 0.1) is 0 Å². The van der Waals surface area contributed by atoms with Crippen molar-refractivity contribution < 1.29 is 53.3 Å². The molecule has 2 N–H and O–H groups in total. The summed E-state index contributed by atoms with van der Waals surface area (Å²) in [4.78, 5) is 0. The van der Waals surface area contributed by atoms with Crippen LogP contribution in [0.25, 0.3) is 11.1 Å². The molecule has 0 aliphatic heterocycles. The van der Waals surface area contributed by atoms with E-state index in [1.165, 1.54) is 22.3 Å². The van der Waals surface area contributed by atoms with E-state index in [1.807, 2.05) is 24.3 Å². The Bertz CT molecular complexity index is 992. The smallest absolute Gasteiger partial charge is 0.169 e. The molecule has 4 rings (SSSR count). The Labute approximate surface area is 210 Å². The van der Waals surface area contributed by atoms with E-state index >= 15 is 0 Å². The summed E-state index contributed by atoms with van der Waals surface area (Å²) >= 11 is 0. The SMILES string of the molecule is Oc1ccc(CC[n+]2ccc(-c3cc[n+](CCc4ccc(O)cc4)cc3)cc2)cc1.[Br-].[Br-]. The van der Waals surface area contributed by atoms with Crippen molar-refractivity contribution >= 4 is 0 Å². The molecule has 0 saturated carbocycles. The van der Waals surface area contributed by atoms with Crippen molar-refractivity contribution in [2.75, 3.05) is 0 Å². The number of nitrogens with zero attached hydrogens (tertiary/aromatic N) is 2. The van der Waals surface area contributed by atoms with Crippen molar-refractivity contribution in [3.05, 3.63) is 109 Å². The summed E-state index contributed by atoms with van der Waals surface area (Å²) < 4.78 is 4.36. The Morgan fingerprint density at radius 2 is 0.781 bits per heavy atom. The van der Waals surface area contributed by atoms with Crippen LogP contribution in [0.4, 0.5) is 0 Å². The average Bonchev–Trinajstić information content (AvgIpc) is 2.79. The van der Waals surface area contributed by atoms with Crippen molar-refractivity contribution in [2.24, 2.45) is 0 Å². The summed E-state index contributed by atoms with van der Waals surface area (Å²) in [5.74, 6) is 0.612. The lowest BCUT2D eigenvalue weighted by Gasteiger charge is -2.03. The molecule has 32 heavy (non-hydrogen) atoms. The number of aromatic hydroxyl groups is 2. The highest BCUT2D eigenvalue weighted by Gasteiger charge is 2.07. The van der Waals surface area contributed by atoms with Crippen LogP contribution in [0.1, 0.15) is 11.1 Å². The molecule has 4 nitrogen and oxygen atoms in total. The molecule has 166 valence electrons. The van der Waals surface area contributed by atoms with Crippen molar-refractivity contribution in [3.63, 3.8) is 0 Å². The molecule has 0 aliphatic carbocycles. The second-order valence-corrected chi connectivity index (χ2v) is 7.48. The Morgan fingerprint density at radius 1 is 0.469 bits per heavy atom. The van der Waals surface area contributed by atoms with Gasteiger partial charge in [0.25, 0.3) is 0 Å². The van der Waals surface area contributed by atoms with Crippen molar-refractivity contribution in [1.29, 1.82) is 0 Å². The number of phenolic OH excluding ortho intramolecular Hbond substituents is 2. The lowest BCUT2D eigenvalue weighted by atomic mass is 10.1. The molecule has 4 aromatic rings. The van der Waals surface area contributed by atoms with Gasteiger partial charge in [0.2, 0.25) is 0 Å². The predicted octanol–water partition coefficient (Wildman–Crippen LogP) is -2.17. The fourth-order valence-electron chi connectivity index (χ4n) is 3.44. The van der Waals surface area contributed by atoms with Gasteiger partial charge < -0.3 is 44.2 Å². The quantitative estimate of drug-likeness (QED) is 0.254. The van der Waals surface area contributed by atoms with Gasteiger partial charge in [-0.3, -0.25) is 0 Å². The number of halogens is 2. The molecule has 0 fully saturated rings. The number of benzene rings is 2. The van der Waals surface area contributed by atoms with Crippen molar-refractivity contribution in [1.82, 2.24) is 0 Å². The Morgan fingerprint density at radius 3 is 1.09 bits per heavy atom. The van der Waals surface area contributed by atoms with E-state index in [2.05, 4.69) is 58.2 Å². The van der Waals surface area contributed by atoms with Crippen molar-refractivity contribution in [2.45, 2.75) is 25.9 Å². The summed E-state index contributed by atoms with van der Waals surface area (Å²) in [6.45, 7) is 1.80. The first-order chi connectivity index (χ1) is 14.7. The topological polar surface area (TPSA) is 48.2 Å². The summed E-state index contributed by atoms with van der Waals surface area (Å²) in [7, 11) is 0. The monoisotopic (exact) mass is 556 g/mol. The number of rotatable bonds is 7. The van der Waals surface area contributed by atoms with Gasteiger partial charge in [0.1, 0.15) is 11.5 Å². The van der Waals surface area contributed by atoms with Gasteiger partial charge in [0.15, 0.2) is 37.9 Å². The molecule has 0 bridgehead atoms. The highest BCUT2D eigenvalue weighted by molar-refractivity contribution is 5.60. The lowest BCUT2D eigenvalue weighted by molar-refractivity contribution is -0.696. The highest BCUT2D eigenvalue weighted by Crippen LogP contribution is 2.16. The molecule has 0 atom stereocenters. The standard InChI is InChI=1S/C26H24N2O2.2BrH/c29-25-5-1-21(2-6-25)9-15-27-17-11-23(12-18-27)24-13-19-28(20-14-24)16-10-22-3-7-26(30)8-4-22;;/h1-8,11-14,17-20H,9-10,15-16H2;2*1H. The fourth-order valence-corrected chi connectivity index (χ4v) is 3.44. The fraction of sp³-hybridized carbons (Fsp3) is 0.154. The van der Waals surface area contributed by atoms with E-state index in [1.54, 1.807) is 24.3 Å². The summed E-state index contributed by atoms with van der Waals surface area (Å²) in [6, 6.07) is 23.4.